The van der Waals surface area contributed by atoms with Crippen molar-refractivity contribution in [3.63, 3.8) is 0 Å². The molecule has 1 aliphatic rings. The molecule has 2 N–H and O–H groups in total. The minimum Gasteiger partial charge on any atom is -0.465 e. The Hall–Kier alpha value is -1.44. The van der Waals surface area contributed by atoms with E-state index in [0.29, 0.717) is 10.7 Å². The van der Waals surface area contributed by atoms with E-state index in [1.807, 2.05) is 25.1 Å². The maximum Gasteiger partial charge on any atom is 0.341 e. The largest absolute Gasteiger partial charge is 0.465 e. The van der Waals surface area contributed by atoms with Crippen molar-refractivity contribution in [1.82, 2.24) is 0 Å². The van der Waals surface area contributed by atoms with Crippen molar-refractivity contribution in [3.8, 4) is 0 Å². The average Bonchev–Trinajstić information content (AvgIpc) is 2.93. The van der Waals surface area contributed by atoms with Gasteiger partial charge in [0, 0.05) is 15.0 Å². The number of benzene rings is 1. The van der Waals surface area contributed by atoms with Crippen LogP contribution in [0.4, 0.5) is 10.7 Å². The summed E-state index contributed by atoms with van der Waals surface area (Å²) in [5.41, 5.74) is 3.80. The van der Waals surface area contributed by atoms with Crippen molar-refractivity contribution in [1.29, 1.82) is 0 Å². The van der Waals surface area contributed by atoms with Gasteiger partial charge in [0.1, 0.15) is 5.00 Å². The third-order valence-electron chi connectivity index (χ3n) is 4.72. The maximum absolute atomic E-state index is 12.5. The van der Waals surface area contributed by atoms with Crippen LogP contribution in [0.2, 0.25) is 0 Å². The summed E-state index contributed by atoms with van der Waals surface area (Å²) in [5, 5.41) is 7.72. The number of methoxy groups -OCH3 is 1. The fourth-order valence-electron chi connectivity index (χ4n) is 3.35. The fraction of sp³-hybridized carbons (Fsp3) is 0.400. The summed E-state index contributed by atoms with van der Waals surface area (Å²) in [6.45, 7) is 2.02. The Morgan fingerprint density at radius 3 is 2.63 bits per heavy atom. The number of thiophene rings is 1. The van der Waals surface area contributed by atoms with Gasteiger partial charge in [-0.1, -0.05) is 28.8 Å². The summed E-state index contributed by atoms with van der Waals surface area (Å²) in [6, 6.07) is 5.97. The van der Waals surface area contributed by atoms with Gasteiger partial charge in [0.2, 0.25) is 0 Å². The number of thiocarbonyl (C=S) groups is 1. The first kappa shape index (κ1) is 20.3. The molecule has 4 nitrogen and oxygen atoms in total. The van der Waals surface area contributed by atoms with Crippen molar-refractivity contribution >= 4 is 61.3 Å². The van der Waals surface area contributed by atoms with Gasteiger partial charge in [-0.05, 0) is 74.2 Å². The van der Waals surface area contributed by atoms with E-state index in [9.17, 15) is 4.79 Å². The zero-order valence-corrected chi connectivity index (χ0v) is 18.7. The zero-order valence-electron chi connectivity index (χ0n) is 15.5. The summed E-state index contributed by atoms with van der Waals surface area (Å²) >= 11 is 10.6. The van der Waals surface area contributed by atoms with E-state index >= 15 is 0 Å². The lowest BCUT2D eigenvalue weighted by atomic mass is 9.96. The molecule has 1 heterocycles. The van der Waals surface area contributed by atoms with Crippen LogP contribution in [0.3, 0.4) is 0 Å². The van der Waals surface area contributed by atoms with Gasteiger partial charge >= 0.3 is 5.97 Å². The second-order valence-electron chi connectivity index (χ2n) is 6.65. The molecule has 0 aliphatic heterocycles. The number of esters is 1. The number of rotatable bonds is 3. The van der Waals surface area contributed by atoms with Gasteiger partial charge in [0.05, 0.1) is 12.7 Å². The summed E-state index contributed by atoms with van der Waals surface area (Å²) in [6.07, 6.45) is 6.65. The number of aryl methyl sites for hydroxylation is 2. The fourth-order valence-corrected chi connectivity index (χ4v) is 5.38. The summed E-state index contributed by atoms with van der Waals surface area (Å²) in [7, 11) is 1.43. The Morgan fingerprint density at radius 2 is 1.93 bits per heavy atom. The Kier molecular flexibility index (Phi) is 6.89. The topological polar surface area (TPSA) is 50.4 Å². The normalized spacial score (nSPS) is 13.9. The molecule has 0 spiro atoms. The molecule has 0 saturated heterocycles. The van der Waals surface area contributed by atoms with Crippen molar-refractivity contribution in [3.05, 3.63) is 44.2 Å². The minimum absolute atomic E-state index is 0.293. The molecule has 1 aromatic heterocycles. The van der Waals surface area contributed by atoms with Gasteiger partial charge in [-0.3, -0.25) is 0 Å². The summed E-state index contributed by atoms with van der Waals surface area (Å²) in [4.78, 5) is 13.8. The second kappa shape index (κ2) is 9.17. The third-order valence-corrected chi connectivity index (χ3v) is 6.63. The quantitative estimate of drug-likeness (QED) is 0.424. The lowest BCUT2D eigenvalue weighted by molar-refractivity contribution is 0.0601. The standard InChI is InChI=1S/C20H23BrN2O2S2/c1-12-11-13(21)9-10-15(12)22-20(26)23-18-17(19(24)25-2)14-7-5-3-4-6-8-16(14)27-18/h9-11H,3-8H2,1-2H3,(H2,22,23,26). The molecule has 0 amide bonds. The molecule has 1 aromatic carbocycles. The van der Waals surface area contributed by atoms with Crippen LogP contribution in [-0.4, -0.2) is 18.2 Å². The average molecular weight is 467 g/mol. The maximum atomic E-state index is 12.5. The number of carbonyl (C=O) groups excluding carboxylic acids is 1. The molecule has 0 bridgehead atoms. The van der Waals surface area contributed by atoms with E-state index in [4.69, 9.17) is 17.0 Å². The summed E-state index contributed by atoms with van der Waals surface area (Å²) in [5.74, 6) is -0.293. The number of carbonyl (C=O) groups is 1. The van der Waals surface area contributed by atoms with Gasteiger partial charge < -0.3 is 15.4 Å². The molecule has 0 fully saturated rings. The zero-order chi connectivity index (χ0) is 19.4. The highest BCUT2D eigenvalue weighted by Crippen LogP contribution is 2.37. The highest BCUT2D eigenvalue weighted by molar-refractivity contribution is 9.10. The van der Waals surface area contributed by atoms with Crippen LogP contribution in [0.15, 0.2) is 22.7 Å². The minimum atomic E-state index is -0.293. The van der Waals surface area contributed by atoms with Crippen LogP contribution in [0.1, 0.15) is 52.0 Å². The molecular weight excluding hydrogens is 444 g/mol. The predicted octanol–water partition coefficient (Wildman–Crippen LogP) is 6.07. The first-order valence-electron chi connectivity index (χ1n) is 9.06. The predicted molar refractivity (Wildman–Crippen MR) is 120 cm³/mol. The third kappa shape index (κ3) is 4.89. The molecule has 0 atom stereocenters. The molecule has 0 saturated carbocycles. The second-order valence-corrected chi connectivity index (χ2v) is 9.08. The van der Waals surface area contributed by atoms with E-state index in [1.54, 1.807) is 11.3 Å². The highest BCUT2D eigenvalue weighted by atomic mass is 79.9. The molecule has 7 heteroatoms. The van der Waals surface area contributed by atoms with Crippen LogP contribution in [0, 0.1) is 6.92 Å². The van der Waals surface area contributed by atoms with Crippen LogP contribution < -0.4 is 10.6 Å². The highest BCUT2D eigenvalue weighted by Gasteiger charge is 2.25. The van der Waals surface area contributed by atoms with Crippen molar-refractivity contribution in [2.75, 3.05) is 17.7 Å². The number of nitrogens with one attached hydrogen (secondary N) is 2. The lowest BCUT2D eigenvalue weighted by Crippen LogP contribution is -2.20. The molecular formula is C20H23BrN2O2S2. The number of hydrogen-bond acceptors (Lipinski definition) is 4. The van der Waals surface area contributed by atoms with Crippen LogP contribution in [0.25, 0.3) is 0 Å². The van der Waals surface area contributed by atoms with E-state index in [-0.39, 0.29) is 5.97 Å². The monoisotopic (exact) mass is 466 g/mol. The lowest BCUT2D eigenvalue weighted by Gasteiger charge is -2.13. The van der Waals surface area contributed by atoms with Crippen molar-refractivity contribution in [2.24, 2.45) is 0 Å². The van der Waals surface area contributed by atoms with Crippen LogP contribution in [-0.2, 0) is 17.6 Å². The van der Waals surface area contributed by atoms with Crippen molar-refractivity contribution < 1.29 is 9.53 Å². The van der Waals surface area contributed by atoms with Gasteiger partial charge in [-0.25, -0.2) is 4.79 Å². The van der Waals surface area contributed by atoms with Gasteiger partial charge in [0.15, 0.2) is 5.11 Å². The van der Waals surface area contributed by atoms with E-state index in [1.165, 1.54) is 24.8 Å². The molecule has 2 aromatic rings. The van der Waals surface area contributed by atoms with E-state index < -0.39 is 0 Å². The molecule has 0 unspecified atom stereocenters. The first-order chi connectivity index (χ1) is 13.0. The van der Waals surface area contributed by atoms with Crippen molar-refractivity contribution in [2.45, 2.75) is 45.4 Å². The molecule has 3 rings (SSSR count). The van der Waals surface area contributed by atoms with Crippen LogP contribution >= 0.6 is 39.5 Å². The van der Waals surface area contributed by atoms with E-state index in [2.05, 4.69) is 26.6 Å². The number of ether oxygens (including phenoxy) is 1. The number of hydrogen-bond donors (Lipinski definition) is 2. The first-order valence-corrected chi connectivity index (χ1v) is 11.1. The van der Waals surface area contributed by atoms with Gasteiger partial charge in [0.25, 0.3) is 0 Å². The molecule has 0 radical (unpaired) electrons. The summed E-state index contributed by atoms with van der Waals surface area (Å²) < 4.78 is 6.09. The molecule has 144 valence electrons. The number of anilines is 2. The molecule has 1 aliphatic carbocycles. The molecule has 27 heavy (non-hydrogen) atoms. The number of fused-ring (bicyclic) bond motifs is 1. The van der Waals surface area contributed by atoms with Gasteiger partial charge in [-0.15, -0.1) is 11.3 Å². The Morgan fingerprint density at radius 1 is 1.19 bits per heavy atom. The van der Waals surface area contributed by atoms with E-state index in [0.717, 1.165) is 52.0 Å². The smallest absolute Gasteiger partial charge is 0.341 e. The Bertz CT molecular complexity index is 864. The van der Waals surface area contributed by atoms with Gasteiger partial charge in [-0.2, -0.15) is 0 Å². The SMILES string of the molecule is COC(=O)c1c(NC(=S)Nc2ccc(Br)cc2C)sc2c1CCCCCC2. The number of halogens is 1. The Labute approximate surface area is 177 Å². The Balaban J connectivity index is 1.85. The van der Waals surface area contributed by atoms with Crippen LogP contribution in [0.5, 0.6) is 0 Å².